The molecule has 3 aromatic rings. The van der Waals surface area contributed by atoms with E-state index in [1.807, 2.05) is 25.1 Å². The first-order valence-corrected chi connectivity index (χ1v) is 6.54. The van der Waals surface area contributed by atoms with E-state index in [0.29, 0.717) is 11.3 Å². The number of carboxylic acid groups (broad SMARTS) is 1. The number of rotatable bonds is 3. The van der Waals surface area contributed by atoms with Crippen molar-refractivity contribution in [3.8, 4) is 16.9 Å². The Morgan fingerprint density at radius 1 is 1.36 bits per heavy atom. The lowest BCUT2D eigenvalue weighted by atomic mass is 10.0. The fourth-order valence-electron chi connectivity index (χ4n) is 2.35. The molecule has 0 aliphatic carbocycles. The molecular formula is C15H14N4O3. The highest BCUT2D eigenvalue weighted by Crippen LogP contribution is 2.32. The number of nitrogens with two attached hydrogens (primary N) is 1. The summed E-state index contributed by atoms with van der Waals surface area (Å²) in [7, 11) is 1.57. The zero-order valence-electron chi connectivity index (χ0n) is 12.1. The number of methoxy groups -OCH3 is 1. The number of aromatic nitrogens is 3. The van der Waals surface area contributed by atoms with Gasteiger partial charge in [0.25, 0.3) is 0 Å². The second-order valence-electron chi connectivity index (χ2n) is 4.89. The van der Waals surface area contributed by atoms with E-state index in [-0.39, 0.29) is 17.2 Å². The van der Waals surface area contributed by atoms with Crippen LogP contribution in [0.5, 0.6) is 5.75 Å². The van der Waals surface area contributed by atoms with Gasteiger partial charge >= 0.3 is 5.97 Å². The van der Waals surface area contributed by atoms with E-state index >= 15 is 0 Å². The minimum Gasteiger partial charge on any atom is -0.496 e. The second-order valence-corrected chi connectivity index (χ2v) is 4.89. The smallest absolute Gasteiger partial charge is 0.339 e. The van der Waals surface area contributed by atoms with Crippen molar-refractivity contribution < 1.29 is 14.6 Å². The molecule has 0 aliphatic heterocycles. The number of fused-ring (bicyclic) bond motifs is 1. The first-order chi connectivity index (χ1) is 10.5. The van der Waals surface area contributed by atoms with Gasteiger partial charge in [0.05, 0.1) is 7.11 Å². The number of carbonyl (C=O) groups is 1. The first kappa shape index (κ1) is 13.9. The van der Waals surface area contributed by atoms with Crippen molar-refractivity contribution in [1.29, 1.82) is 0 Å². The van der Waals surface area contributed by atoms with Gasteiger partial charge in [-0.3, -0.25) is 0 Å². The average molecular weight is 298 g/mol. The van der Waals surface area contributed by atoms with Crippen LogP contribution in [0.2, 0.25) is 0 Å². The fraction of sp³-hybridized carbons (Fsp3) is 0.133. The summed E-state index contributed by atoms with van der Waals surface area (Å²) in [6.07, 6.45) is 1.68. The second kappa shape index (κ2) is 5.03. The highest BCUT2D eigenvalue weighted by atomic mass is 16.5. The minimum atomic E-state index is -1.09. The number of nitrogen functional groups attached to an aromatic ring is 1. The SMILES string of the molecule is COc1ccc(C)cc1-c1cc(C(=O)O)c2nc(N)nn2c1. The number of ether oxygens (including phenoxy) is 1. The van der Waals surface area contributed by atoms with E-state index in [4.69, 9.17) is 10.5 Å². The molecule has 0 atom stereocenters. The summed E-state index contributed by atoms with van der Waals surface area (Å²) >= 11 is 0. The van der Waals surface area contributed by atoms with Crippen LogP contribution in [0.1, 0.15) is 15.9 Å². The number of pyridine rings is 1. The van der Waals surface area contributed by atoms with Crippen LogP contribution in [-0.2, 0) is 0 Å². The summed E-state index contributed by atoms with van der Waals surface area (Å²) in [6, 6.07) is 7.23. The zero-order chi connectivity index (χ0) is 15.9. The minimum absolute atomic E-state index is 0.0239. The normalized spacial score (nSPS) is 10.8. The molecule has 0 spiro atoms. The maximum Gasteiger partial charge on any atom is 0.339 e. The van der Waals surface area contributed by atoms with E-state index in [1.54, 1.807) is 19.4 Å². The van der Waals surface area contributed by atoms with Gasteiger partial charge in [0.1, 0.15) is 11.3 Å². The molecule has 22 heavy (non-hydrogen) atoms. The molecule has 3 rings (SSSR count). The lowest BCUT2D eigenvalue weighted by Crippen LogP contribution is -2.03. The van der Waals surface area contributed by atoms with Crippen molar-refractivity contribution in [2.24, 2.45) is 0 Å². The quantitative estimate of drug-likeness (QED) is 0.766. The zero-order valence-corrected chi connectivity index (χ0v) is 12.1. The van der Waals surface area contributed by atoms with E-state index < -0.39 is 5.97 Å². The summed E-state index contributed by atoms with van der Waals surface area (Å²) in [5.74, 6) is -0.420. The Labute approximate surface area is 126 Å². The predicted molar refractivity (Wildman–Crippen MR) is 81.1 cm³/mol. The Hall–Kier alpha value is -3.09. The number of aryl methyl sites for hydroxylation is 1. The molecule has 3 N–H and O–H groups in total. The topological polar surface area (TPSA) is 103 Å². The third-order valence-electron chi connectivity index (χ3n) is 3.35. The van der Waals surface area contributed by atoms with Crippen molar-refractivity contribution in [2.75, 3.05) is 12.8 Å². The molecule has 0 amide bonds. The Balaban J connectivity index is 2.32. The molecule has 0 saturated heterocycles. The molecule has 0 bridgehead atoms. The summed E-state index contributed by atoms with van der Waals surface area (Å²) in [5.41, 5.74) is 8.28. The van der Waals surface area contributed by atoms with Gasteiger partial charge in [0, 0.05) is 17.3 Å². The van der Waals surface area contributed by atoms with Crippen molar-refractivity contribution >= 4 is 17.6 Å². The van der Waals surface area contributed by atoms with Gasteiger partial charge in [0.15, 0.2) is 5.65 Å². The number of hydrogen-bond acceptors (Lipinski definition) is 5. The van der Waals surface area contributed by atoms with Crippen LogP contribution >= 0.6 is 0 Å². The molecule has 112 valence electrons. The van der Waals surface area contributed by atoms with Gasteiger partial charge in [-0.05, 0) is 25.1 Å². The molecule has 1 aromatic carbocycles. The lowest BCUT2D eigenvalue weighted by molar-refractivity contribution is 0.0698. The predicted octanol–water partition coefficient (Wildman–Crippen LogP) is 1.99. The number of benzene rings is 1. The fourth-order valence-corrected chi connectivity index (χ4v) is 2.35. The standard InChI is InChI=1S/C15H14N4O3/c1-8-3-4-12(22-2)10(5-8)9-6-11(14(20)21)13-17-15(16)18-19(13)7-9/h3-7H,1-2H3,(H2,16,18)(H,20,21). The molecular weight excluding hydrogens is 284 g/mol. The lowest BCUT2D eigenvalue weighted by Gasteiger charge is -2.11. The van der Waals surface area contributed by atoms with Crippen LogP contribution in [0.15, 0.2) is 30.5 Å². The Morgan fingerprint density at radius 3 is 2.82 bits per heavy atom. The number of anilines is 1. The Bertz CT molecular complexity index is 886. The molecule has 2 aromatic heterocycles. The van der Waals surface area contributed by atoms with Crippen molar-refractivity contribution in [1.82, 2.24) is 14.6 Å². The van der Waals surface area contributed by atoms with Crippen LogP contribution in [0.4, 0.5) is 5.95 Å². The first-order valence-electron chi connectivity index (χ1n) is 6.54. The van der Waals surface area contributed by atoms with Crippen LogP contribution < -0.4 is 10.5 Å². The molecule has 0 fully saturated rings. The van der Waals surface area contributed by atoms with Crippen LogP contribution in [0.25, 0.3) is 16.8 Å². The third kappa shape index (κ3) is 2.22. The van der Waals surface area contributed by atoms with Gasteiger partial charge in [-0.15, -0.1) is 5.10 Å². The molecule has 0 saturated carbocycles. The number of hydrogen-bond donors (Lipinski definition) is 2. The number of carboxylic acids is 1. The highest BCUT2D eigenvalue weighted by Gasteiger charge is 2.17. The summed E-state index contributed by atoms with van der Waals surface area (Å²) in [4.78, 5) is 15.4. The Morgan fingerprint density at radius 2 is 2.14 bits per heavy atom. The van der Waals surface area contributed by atoms with E-state index in [2.05, 4.69) is 10.1 Å². The molecule has 7 heteroatoms. The van der Waals surface area contributed by atoms with Crippen LogP contribution in [0, 0.1) is 6.92 Å². The van der Waals surface area contributed by atoms with E-state index in [1.165, 1.54) is 4.52 Å². The van der Waals surface area contributed by atoms with Gasteiger partial charge in [0.2, 0.25) is 5.95 Å². The monoisotopic (exact) mass is 298 g/mol. The maximum absolute atomic E-state index is 11.5. The summed E-state index contributed by atoms with van der Waals surface area (Å²) in [5, 5.41) is 13.4. The largest absolute Gasteiger partial charge is 0.496 e. The van der Waals surface area contributed by atoms with Crippen molar-refractivity contribution in [2.45, 2.75) is 6.92 Å². The summed E-state index contributed by atoms with van der Waals surface area (Å²) in [6.45, 7) is 1.95. The third-order valence-corrected chi connectivity index (χ3v) is 3.35. The van der Waals surface area contributed by atoms with Crippen LogP contribution in [0.3, 0.4) is 0 Å². The molecule has 7 nitrogen and oxygen atoms in total. The van der Waals surface area contributed by atoms with Gasteiger partial charge in [-0.2, -0.15) is 4.98 Å². The molecule has 0 aliphatic rings. The van der Waals surface area contributed by atoms with Gasteiger partial charge in [-0.1, -0.05) is 11.6 Å². The van der Waals surface area contributed by atoms with Crippen molar-refractivity contribution in [3.63, 3.8) is 0 Å². The van der Waals surface area contributed by atoms with E-state index in [0.717, 1.165) is 11.1 Å². The van der Waals surface area contributed by atoms with Crippen molar-refractivity contribution in [3.05, 3.63) is 41.6 Å². The average Bonchev–Trinajstić information content (AvgIpc) is 2.85. The Kier molecular flexibility index (Phi) is 3.17. The van der Waals surface area contributed by atoms with Crippen LogP contribution in [-0.4, -0.2) is 32.8 Å². The number of aromatic carboxylic acids is 1. The van der Waals surface area contributed by atoms with Gasteiger partial charge < -0.3 is 15.6 Å². The molecule has 2 heterocycles. The summed E-state index contributed by atoms with van der Waals surface area (Å²) < 4.78 is 6.73. The molecule has 0 radical (unpaired) electrons. The highest BCUT2D eigenvalue weighted by molar-refractivity contribution is 5.96. The number of nitrogens with zero attached hydrogens (tertiary/aromatic N) is 3. The van der Waals surface area contributed by atoms with E-state index in [9.17, 15) is 9.90 Å². The maximum atomic E-state index is 11.5. The van der Waals surface area contributed by atoms with Gasteiger partial charge in [-0.25, -0.2) is 9.31 Å². The molecule has 0 unspecified atom stereocenters.